The number of hydrogen-bond acceptors (Lipinski definition) is 1. The van der Waals surface area contributed by atoms with Crippen LogP contribution in [-0.4, -0.2) is 4.98 Å². The summed E-state index contributed by atoms with van der Waals surface area (Å²) in [4.78, 5) is 14.5. The molecule has 13 heavy (non-hydrogen) atoms. The molecular formula is C11H15NO. The van der Waals surface area contributed by atoms with Crippen LogP contribution in [0.2, 0.25) is 0 Å². The normalized spacial score (nSPS) is 16.4. The summed E-state index contributed by atoms with van der Waals surface area (Å²) in [6.45, 7) is 1.95. The van der Waals surface area contributed by atoms with Gasteiger partial charge in [-0.3, -0.25) is 4.79 Å². The molecule has 0 spiro atoms. The molecule has 0 aromatic carbocycles. The van der Waals surface area contributed by atoms with Gasteiger partial charge in [-0.2, -0.15) is 0 Å². The third-order valence-corrected chi connectivity index (χ3v) is 2.74. The smallest absolute Gasteiger partial charge is 0.251 e. The van der Waals surface area contributed by atoms with E-state index in [0.29, 0.717) is 0 Å². The summed E-state index contributed by atoms with van der Waals surface area (Å²) in [5.74, 6) is 0. The number of fused-ring (bicyclic) bond motifs is 1. The molecule has 1 N–H and O–H groups in total. The quantitative estimate of drug-likeness (QED) is 0.604. The molecule has 0 saturated carbocycles. The minimum absolute atomic E-state index is 0.136. The van der Waals surface area contributed by atoms with Gasteiger partial charge in [-0.15, -0.1) is 0 Å². The van der Waals surface area contributed by atoms with Crippen LogP contribution in [0.4, 0.5) is 0 Å². The number of aromatic nitrogens is 1. The Morgan fingerprint density at radius 3 is 2.85 bits per heavy atom. The Kier molecular flexibility index (Phi) is 2.21. The average molecular weight is 177 g/mol. The molecule has 2 nitrogen and oxygen atoms in total. The first-order valence-electron chi connectivity index (χ1n) is 4.99. The van der Waals surface area contributed by atoms with Crippen LogP contribution >= 0.6 is 0 Å². The number of H-pyrrole nitrogens is 1. The Morgan fingerprint density at radius 2 is 2.00 bits per heavy atom. The number of hydrogen-bond donors (Lipinski definition) is 1. The van der Waals surface area contributed by atoms with Crippen molar-refractivity contribution in [3.63, 3.8) is 0 Å². The van der Waals surface area contributed by atoms with Gasteiger partial charge in [0.1, 0.15) is 0 Å². The summed E-state index contributed by atoms with van der Waals surface area (Å²) in [5, 5.41) is 0. The van der Waals surface area contributed by atoms with Gasteiger partial charge in [-0.1, -0.05) is 6.42 Å². The lowest BCUT2D eigenvalue weighted by Crippen LogP contribution is -2.15. The molecule has 0 radical (unpaired) electrons. The Balaban J connectivity index is 2.53. The largest absolute Gasteiger partial charge is 0.326 e. The van der Waals surface area contributed by atoms with Crippen LogP contribution in [0.15, 0.2) is 10.9 Å². The SMILES string of the molecule is Cc1cc2c(c(=O)[nH]1)CCCCC2. The van der Waals surface area contributed by atoms with Crippen LogP contribution in [0.25, 0.3) is 0 Å². The summed E-state index contributed by atoms with van der Waals surface area (Å²) in [6, 6.07) is 2.13. The van der Waals surface area contributed by atoms with Crippen LogP contribution in [-0.2, 0) is 12.8 Å². The van der Waals surface area contributed by atoms with E-state index in [9.17, 15) is 4.79 Å². The zero-order chi connectivity index (χ0) is 9.26. The van der Waals surface area contributed by atoms with Crippen LogP contribution in [0, 0.1) is 6.92 Å². The van der Waals surface area contributed by atoms with Crippen molar-refractivity contribution in [3.05, 3.63) is 33.2 Å². The molecule has 2 heteroatoms. The predicted octanol–water partition coefficient (Wildman–Crippen LogP) is 1.95. The Bertz CT molecular complexity index is 365. The molecule has 1 aliphatic carbocycles. The highest BCUT2D eigenvalue weighted by Crippen LogP contribution is 2.17. The second-order valence-electron chi connectivity index (χ2n) is 3.85. The van der Waals surface area contributed by atoms with Crippen molar-refractivity contribution in [1.82, 2.24) is 4.98 Å². The number of rotatable bonds is 0. The van der Waals surface area contributed by atoms with Crippen molar-refractivity contribution in [2.45, 2.75) is 39.0 Å². The lowest BCUT2D eigenvalue weighted by Gasteiger charge is -2.04. The highest BCUT2D eigenvalue weighted by Gasteiger charge is 2.11. The third-order valence-electron chi connectivity index (χ3n) is 2.74. The first-order chi connectivity index (χ1) is 6.27. The molecule has 0 fully saturated rings. The van der Waals surface area contributed by atoms with E-state index in [0.717, 1.165) is 24.1 Å². The van der Waals surface area contributed by atoms with E-state index in [1.54, 1.807) is 0 Å². The van der Waals surface area contributed by atoms with Crippen LogP contribution in [0.1, 0.15) is 36.1 Å². The molecule has 0 atom stereocenters. The fraction of sp³-hybridized carbons (Fsp3) is 0.545. The van der Waals surface area contributed by atoms with E-state index in [2.05, 4.69) is 11.1 Å². The summed E-state index contributed by atoms with van der Waals surface area (Å²) in [6.07, 6.45) is 5.70. The second kappa shape index (κ2) is 3.36. The Hall–Kier alpha value is -1.05. The van der Waals surface area contributed by atoms with Gasteiger partial charge in [-0.25, -0.2) is 0 Å². The van der Waals surface area contributed by atoms with E-state index < -0.39 is 0 Å². The minimum atomic E-state index is 0.136. The molecule has 0 amide bonds. The number of aromatic amines is 1. The Labute approximate surface area is 78.0 Å². The first-order valence-corrected chi connectivity index (χ1v) is 4.99. The summed E-state index contributed by atoms with van der Waals surface area (Å²) >= 11 is 0. The Morgan fingerprint density at radius 1 is 1.23 bits per heavy atom. The zero-order valence-corrected chi connectivity index (χ0v) is 8.02. The minimum Gasteiger partial charge on any atom is -0.326 e. The van der Waals surface area contributed by atoms with Crippen molar-refractivity contribution < 1.29 is 0 Å². The van der Waals surface area contributed by atoms with E-state index in [4.69, 9.17) is 0 Å². The lowest BCUT2D eigenvalue weighted by atomic mass is 10.0. The monoisotopic (exact) mass is 177 g/mol. The maximum atomic E-state index is 11.6. The third kappa shape index (κ3) is 1.67. The molecule has 1 heterocycles. The van der Waals surface area contributed by atoms with Crippen molar-refractivity contribution in [2.24, 2.45) is 0 Å². The van der Waals surface area contributed by atoms with Gasteiger partial charge in [-0.05, 0) is 44.2 Å². The average Bonchev–Trinajstić information content (AvgIpc) is 2.28. The van der Waals surface area contributed by atoms with Crippen LogP contribution < -0.4 is 5.56 Å². The standard InChI is InChI=1S/C11H15NO/c1-8-7-9-5-3-2-4-6-10(9)11(13)12-8/h7H,2-6H2,1H3,(H,12,13). The van der Waals surface area contributed by atoms with Gasteiger partial charge < -0.3 is 4.98 Å². The molecular weight excluding hydrogens is 162 g/mol. The molecule has 1 aromatic rings. The molecule has 2 rings (SSSR count). The fourth-order valence-electron chi connectivity index (χ4n) is 2.08. The molecule has 0 unspecified atom stereocenters. The van der Waals surface area contributed by atoms with Crippen LogP contribution in [0.5, 0.6) is 0 Å². The summed E-state index contributed by atoms with van der Waals surface area (Å²) in [7, 11) is 0. The zero-order valence-electron chi connectivity index (χ0n) is 8.02. The molecule has 70 valence electrons. The highest BCUT2D eigenvalue weighted by molar-refractivity contribution is 5.27. The molecule has 0 aliphatic heterocycles. The maximum Gasteiger partial charge on any atom is 0.251 e. The van der Waals surface area contributed by atoms with Gasteiger partial charge in [0, 0.05) is 11.3 Å². The predicted molar refractivity (Wildman–Crippen MR) is 53.1 cm³/mol. The lowest BCUT2D eigenvalue weighted by molar-refractivity contribution is 0.711. The van der Waals surface area contributed by atoms with E-state index in [-0.39, 0.29) is 5.56 Å². The van der Waals surface area contributed by atoms with Gasteiger partial charge >= 0.3 is 0 Å². The molecule has 0 bridgehead atoms. The highest BCUT2D eigenvalue weighted by atomic mass is 16.1. The van der Waals surface area contributed by atoms with Crippen molar-refractivity contribution in [1.29, 1.82) is 0 Å². The fourth-order valence-corrected chi connectivity index (χ4v) is 2.08. The summed E-state index contributed by atoms with van der Waals surface area (Å²) in [5.41, 5.74) is 3.43. The van der Waals surface area contributed by atoms with Crippen LogP contribution in [0.3, 0.4) is 0 Å². The number of aryl methyl sites for hydroxylation is 2. The van der Waals surface area contributed by atoms with E-state index in [1.165, 1.54) is 24.8 Å². The topological polar surface area (TPSA) is 32.9 Å². The molecule has 1 aliphatic rings. The maximum absolute atomic E-state index is 11.6. The number of pyridine rings is 1. The second-order valence-corrected chi connectivity index (χ2v) is 3.85. The van der Waals surface area contributed by atoms with Gasteiger partial charge in [0.25, 0.3) is 5.56 Å². The van der Waals surface area contributed by atoms with Gasteiger partial charge in [0.15, 0.2) is 0 Å². The van der Waals surface area contributed by atoms with Crippen molar-refractivity contribution in [3.8, 4) is 0 Å². The summed E-state index contributed by atoms with van der Waals surface area (Å²) < 4.78 is 0. The van der Waals surface area contributed by atoms with E-state index in [1.807, 2.05) is 6.92 Å². The number of nitrogens with one attached hydrogen (secondary N) is 1. The molecule has 1 aromatic heterocycles. The van der Waals surface area contributed by atoms with Gasteiger partial charge in [0.2, 0.25) is 0 Å². The van der Waals surface area contributed by atoms with Crippen molar-refractivity contribution in [2.75, 3.05) is 0 Å². The van der Waals surface area contributed by atoms with E-state index >= 15 is 0 Å². The molecule has 0 saturated heterocycles. The first kappa shape index (κ1) is 8.54. The van der Waals surface area contributed by atoms with Gasteiger partial charge in [0.05, 0.1) is 0 Å². The van der Waals surface area contributed by atoms with Crippen molar-refractivity contribution >= 4 is 0 Å².